The zero-order valence-corrected chi connectivity index (χ0v) is 28.8. The smallest absolute Gasteiger partial charge is 0.242 e. The molecule has 0 aliphatic heterocycles. The van der Waals surface area contributed by atoms with Crippen LogP contribution in [0.5, 0.6) is 0 Å². The van der Waals surface area contributed by atoms with Crippen molar-refractivity contribution in [2.45, 2.75) is 118 Å². The van der Waals surface area contributed by atoms with E-state index in [1.54, 1.807) is 0 Å². The van der Waals surface area contributed by atoms with Gasteiger partial charge < -0.3 is 9.38 Å². The third kappa shape index (κ3) is 5.90. The minimum Gasteiger partial charge on any atom is -0.430 e. The lowest BCUT2D eigenvalue weighted by Gasteiger charge is -2.38. The first-order valence-corrected chi connectivity index (χ1v) is 15.5. The van der Waals surface area contributed by atoms with Crippen LogP contribution >= 0.6 is 8.07 Å². The minimum atomic E-state index is -0.0764. The molecule has 2 nitrogen and oxygen atoms in total. The SMILES string of the molecule is CC1=C(C)C(C)([B-](=Pc2c(C(C)(C)C)cc(C(C)(C)C)cc2C(C)(C)C)[n+]2ccc(N(C)C)cc2)C(C)=C1C. The standard InChI is InChI=1S/C35H54BN2P/c1-23-24(2)26(4)35(14,25(23)3)36(38-19-17-28(18-20-38)37(15)16)39-31-29(33(8,9)10)21-27(32(5,6)7)22-30(31)34(11,12)13/h17-22H,1-16H3. The fourth-order valence-corrected chi connectivity index (χ4v) is 8.12. The van der Waals surface area contributed by atoms with E-state index in [1.807, 2.05) is 0 Å². The third-order valence-electron chi connectivity index (χ3n) is 9.24. The van der Waals surface area contributed by atoms with Crippen molar-refractivity contribution in [2.75, 3.05) is 19.0 Å². The summed E-state index contributed by atoms with van der Waals surface area (Å²) in [4.78, 5) is 2.18. The van der Waals surface area contributed by atoms with Gasteiger partial charge in [-0.25, -0.2) is 8.07 Å². The van der Waals surface area contributed by atoms with Crippen LogP contribution < -0.4 is 14.7 Å². The molecule has 3 rings (SSSR count). The molecule has 212 valence electrons. The van der Waals surface area contributed by atoms with Gasteiger partial charge in [0.05, 0.1) is 0 Å². The molecule has 0 bridgehead atoms. The van der Waals surface area contributed by atoms with Crippen molar-refractivity contribution in [3.05, 3.63) is 75.6 Å². The monoisotopic (exact) mass is 544 g/mol. The van der Waals surface area contributed by atoms with Gasteiger partial charge in [0, 0.05) is 31.9 Å². The molecule has 0 fully saturated rings. The summed E-state index contributed by atoms with van der Waals surface area (Å²) >= 11 is 0. The fourth-order valence-electron chi connectivity index (χ4n) is 5.87. The summed E-state index contributed by atoms with van der Waals surface area (Å²) < 4.78 is 2.49. The summed E-state index contributed by atoms with van der Waals surface area (Å²) in [5.74, 6) is 0. The maximum Gasteiger partial charge on any atom is 0.242 e. The average Bonchev–Trinajstić information content (AvgIpc) is 2.96. The minimum absolute atomic E-state index is 0.0335. The van der Waals surface area contributed by atoms with E-state index in [-0.39, 0.29) is 27.7 Å². The van der Waals surface area contributed by atoms with E-state index < -0.39 is 0 Å². The molecule has 39 heavy (non-hydrogen) atoms. The van der Waals surface area contributed by atoms with Crippen molar-refractivity contribution in [1.82, 2.24) is 0 Å². The number of benzene rings is 1. The summed E-state index contributed by atoms with van der Waals surface area (Å²) in [6, 6.07) is 9.56. The van der Waals surface area contributed by atoms with Crippen LogP contribution in [0, 0.1) is 0 Å². The van der Waals surface area contributed by atoms with Crippen molar-refractivity contribution in [3.8, 4) is 0 Å². The molecule has 1 aliphatic rings. The Morgan fingerprint density at radius 3 is 1.46 bits per heavy atom. The van der Waals surface area contributed by atoms with Crippen LogP contribution in [-0.2, 0) is 16.2 Å². The number of rotatable bonds is 4. The molecular weight excluding hydrogens is 490 g/mol. The Morgan fingerprint density at radius 2 is 1.13 bits per heavy atom. The normalized spacial score (nSPS) is 16.9. The average molecular weight is 545 g/mol. The van der Waals surface area contributed by atoms with Crippen LogP contribution in [0.4, 0.5) is 5.69 Å². The lowest BCUT2D eigenvalue weighted by molar-refractivity contribution is -0.533. The number of anilines is 1. The summed E-state index contributed by atoms with van der Waals surface area (Å²) in [5, 5.41) is 1.42. The lowest BCUT2D eigenvalue weighted by Crippen LogP contribution is -2.51. The second-order valence-electron chi connectivity index (χ2n) is 15.3. The lowest BCUT2D eigenvalue weighted by atomic mass is 9.54. The Morgan fingerprint density at radius 1 is 0.718 bits per heavy atom. The molecule has 0 unspecified atom stereocenters. The molecule has 1 aliphatic carbocycles. The maximum absolute atomic E-state index is 2.52. The molecule has 1 aromatic heterocycles. The van der Waals surface area contributed by atoms with Crippen LogP contribution in [0.3, 0.4) is 0 Å². The van der Waals surface area contributed by atoms with Crippen LogP contribution in [0.2, 0.25) is 5.31 Å². The second kappa shape index (κ2) is 10.4. The Kier molecular flexibility index (Phi) is 8.45. The Balaban J connectivity index is 2.54. The predicted octanol–water partition coefficient (Wildman–Crippen LogP) is 8.99. The van der Waals surface area contributed by atoms with Gasteiger partial charge in [-0.1, -0.05) is 109 Å². The van der Waals surface area contributed by atoms with Gasteiger partial charge in [0.2, 0.25) is 6.19 Å². The number of hydrogen-bond donors (Lipinski definition) is 0. The van der Waals surface area contributed by atoms with Gasteiger partial charge in [0.15, 0.2) is 0 Å². The summed E-state index contributed by atoms with van der Waals surface area (Å²) in [6.45, 7) is 33.2. The number of nitrogens with zero attached hydrogens (tertiary/aromatic N) is 2. The van der Waals surface area contributed by atoms with Gasteiger partial charge in [-0.3, -0.25) is 0 Å². The zero-order chi connectivity index (χ0) is 29.9. The highest BCUT2D eigenvalue weighted by molar-refractivity contribution is 7.58. The predicted molar refractivity (Wildman–Crippen MR) is 176 cm³/mol. The molecule has 0 saturated carbocycles. The van der Waals surface area contributed by atoms with Gasteiger partial charge >= 0.3 is 0 Å². The summed E-state index contributed by atoms with van der Waals surface area (Å²) in [5.41, 5.74) is 11.7. The first-order chi connectivity index (χ1) is 17.6. The molecule has 1 aromatic carbocycles. The van der Waals surface area contributed by atoms with Crippen LogP contribution in [0.15, 0.2) is 59.0 Å². The van der Waals surface area contributed by atoms with Gasteiger partial charge in [0.25, 0.3) is 0 Å². The molecule has 0 amide bonds. The van der Waals surface area contributed by atoms with Gasteiger partial charge in [-0.05, 0) is 65.9 Å². The molecule has 0 saturated heterocycles. The highest BCUT2D eigenvalue weighted by Crippen LogP contribution is 2.53. The van der Waals surface area contributed by atoms with E-state index in [0.29, 0.717) is 0 Å². The van der Waals surface area contributed by atoms with Crippen molar-refractivity contribution < 1.29 is 4.48 Å². The summed E-state index contributed by atoms with van der Waals surface area (Å²) in [7, 11) is 5.58. The second-order valence-corrected chi connectivity index (χ2v) is 16.5. The van der Waals surface area contributed by atoms with E-state index in [9.17, 15) is 0 Å². The van der Waals surface area contributed by atoms with Gasteiger partial charge in [0.1, 0.15) is 12.4 Å². The topological polar surface area (TPSA) is 7.12 Å². The van der Waals surface area contributed by atoms with E-state index >= 15 is 0 Å². The fraction of sp³-hybridized carbons (Fsp3) is 0.571. The number of allylic oxidation sites excluding steroid dienone is 4. The van der Waals surface area contributed by atoms with Gasteiger partial charge in [-0.15, -0.1) is 0 Å². The van der Waals surface area contributed by atoms with Crippen LogP contribution in [0.25, 0.3) is 0 Å². The molecule has 4 heteroatoms. The van der Waals surface area contributed by atoms with E-state index in [0.717, 1.165) is 0 Å². The van der Waals surface area contributed by atoms with E-state index in [4.69, 9.17) is 0 Å². The summed E-state index contributed by atoms with van der Waals surface area (Å²) in [6.07, 6.45) is 4.83. The number of aromatic nitrogens is 1. The number of pyridine rings is 1. The Bertz CT molecular complexity index is 1290. The van der Waals surface area contributed by atoms with Crippen molar-refractivity contribution >= 4 is 25.2 Å². The molecule has 0 atom stereocenters. The third-order valence-corrected chi connectivity index (χ3v) is 11.0. The molecular formula is C35H54BN2P. The highest BCUT2D eigenvalue weighted by Gasteiger charge is 2.39. The van der Waals surface area contributed by atoms with Crippen molar-refractivity contribution in [1.29, 1.82) is 0 Å². The molecule has 2 aromatic rings. The van der Waals surface area contributed by atoms with Crippen molar-refractivity contribution in [3.63, 3.8) is 0 Å². The Labute approximate surface area is 242 Å². The van der Waals surface area contributed by atoms with E-state index in [2.05, 4.69) is 157 Å². The molecule has 0 N–H and O–H groups in total. The molecule has 0 radical (unpaired) electrons. The highest BCUT2D eigenvalue weighted by atomic mass is 31.1. The van der Waals surface area contributed by atoms with Gasteiger partial charge in [-0.2, -0.15) is 0 Å². The maximum atomic E-state index is 2.52. The first-order valence-electron chi connectivity index (χ1n) is 14.6. The zero-order valence-electron chi connectivity index (χ0n) is 27.9. The quantitative estimate of drug-likeness (QED) is 0.275. The van der Waals surface area contributed by atoms with E-state index in [1.165, 1.54) is 58.0 Å². The molecule has 1 heterocycles. The molecule has 0 spiro atoms. The first kappa shape index (κ1) is 31.5. The Hall–Kier alpha value is -1.99. The van der Waals surface area contributed by atoms with Crippen LogP contribution in [0.1, 0.15) is 114 Å². The largest absolute Gasteiger partial charge is 0.430 e. The number of hydrogen-bond acceptors (Lipinski definition) is 1. The van der Waals surface area contributed by atoms with Crippen LogP contribution in [-0.4, -0.2) is 20.3 Å². The van der Waals surface area contributed by atoms with Crippen molar-refractivity contribution in [2.24, 2.45) is 0 Å².